The Labute approximate surface area is 253 Å². The number of nitrogens with zero attached hydrogens (tertiary/aromatic N) is 4. The molecule has 1 atom stereocenters. The van der Waals surface area contributed by atoms with E-state index in [0.717, 1.165) is 22.7 Å². The molecule has 0 saturated carbocycles. The van der Waals surface area contributed by atoms with Crippen LogP contribution in [0.25, 0.3) is 0 Å². The van der Waals surface area contributed by atoms with Gasteiger partial charge in [0.05, 0.1) is 16.6 Å². The van der Waals surface area contributed by atoms with Crippen molar-refractivity contribution in [3.63, 3.8) is 0 Å². The van der Waals surface area contributed by atoms with Gasteiger partial charge < -0.3 is 25.1 Å². The lowest BCUT2D eigenvalue weighted by Gasteiger charge is -2.48. The van der Waals surface area contributed by atoms with Gasteiger partial charge in [-0.1, -0.05) is 41.9 Å². The minimum atomic E-state index is -5.15. The normalized spacial score (nSPS) is 20.4. The van der Waals surface area contributed by atoms with Gasteiger partial charge in [0.2, 0.25) is 5.91 Å². The van der Waals surface area contributed by atoms with Gasteiger partial charge in [-0.25, -0.2) is 0 Å². The van der Waals surface area contributed by atoms with Crippen LogP contribution < -0.4 is 5.32 Å². The van der Waals surface area contributed by atoms with Gasteiger partial charge in [-0.2, -0.15) is 13.2 Å². The Morgan fingerprint density at radius 3 is 2.05 bits per heavy atom. The second-order valence-corrected chi connectivity index (χ2v) is 11.8. The lowest BCUT2D eigenvalue weighted by molar-refractivity contribution is -0.262. The summed E-state index contributed by atoms with van der Waals surface area (Å²) in [5.74, 6) is -1.52. The Morgan fingerprint density at radius 1 is 0.884 bits per heavy atom. The van der Waals surface area contributed by atoms with Crippen LogP contribution in [0.2, 0.25) is 5.02 Å². The Morgan fingerprint density at radius 2 is 1.49 bits per heavy atom. The number of hydrogen-bond acceptors (Lipinski definition) is 6. The number of carbonyl (C=O) groups is 3. The number of alkyl halides is 3. The maximum atomic E-state index is 13.9. The molecule has 232 valence electrons. The number of likely N-dealkylation sites (tertiary alicyclic amines) is 2. The average Bonchev–Trinajstić information content (AvgIpc) is 2.97. The Balaban J connectivity index is 1.10. The fourth-order valence-electron chi connectivity index (χ4n) is 6.06. The number of piperazine rings is 1. The smallest absolute Gasteiger partial charge is 0.380 e. The lowest BCUT2D eigenvalue weighted by Crippen LogP contribution is -2.62. The van der Waals surface area contributed by atoms with Crippen LogP contribution in [0.5, 0.6) is 0 Å². The summed E-state index contributed by atoms with van der Waals surface area (Å²) in [4.78, 5) is 44.3. The van der Waals surface area contributed by atoms with E-state index in [2.05, 4.69) is 10.2 Å². The van der Waals surface area contributed by atoms with Gasteiger partial charge in [0.25, 0.3) is 17.4 Å². The Bertz CT molecular complexity index is 1340. The number of aliphatic hydroxyl groups is 1. The standard InChI is InChI=1S/C30H35ClF3N5O4/c1-20(40)36-13-15-37(16-14-36)27(41)25-8-7-22(17-26(25)31)35-23-18-39(19-23)24-9-11-38(12-10-24)28(42)29(43,30(32,33)34)21-5-3-2-4-6-21/h2-8,17,23-24,35,43H,9-16,18-19H2,1H3/t29-/m0/s1. The van der Waals surface area contributed by atoms with Gasteiger partial charge >= 0.3 is 6.18 Å². The van der Waals surface area contributed by atoms with Crippen LogP contribution in [0.3, 0.4) is 0 Å². The second kappa shape index (κ2) is 12.3. The molecule has 2 aromatic rings. The molecule has 2 aromatic carbocycles. The summed E-state index contributed by atoms with van der Waals surface area (Å²) in [5, 5.41) is 14.4. The van der Waals surface area contributed by atoms with Crippen molar-refractivity contribution < 1.29 is 32.7 Å². The number of benzene rings is 2. The molecule has 0 aliphatic carbocycles. The quantitative estimate of drug-likeness (QED) is 0.515. The molecule has 3 aliphatic heterocycles. The van der Waals surface area contributed by atoms with Crippen LogP contribution in [0.15, 0.2) is 48.5 Å². The van der Waals surface area contributed by atoms with Gasteiger partial charge in [0, 0.05) is 76.6 Å². The number of rotatable bonds is 6. The van der Waals surface area contributed by atoms with Crippen molar-refractivity contribution in [3.8, 4) is 0 Å². The molecular weight excluding hydrogens is 587 g/mol. The first-order valence-corrected chi connectivity index (χ1v) is 14.7. The van der Waals surface area contributed by atoms with Gasteiger partial charge in [-0.05, 0) is 31.0 Å². The molecule has 0 aromatic heterocycles. The minimum Gasteiger partial charge on any atom is -0.380 e. The third-order valence-electron chi connectivity index (χ3n) is 8.67. The van der Waals surface area contributed by atoms with Crippen molar-refractivity contribution in [2.75, 3.05) is 57.7 Å². The van der Waals surface area contributed by atoms with Crippen LogP contribution in [0.4, 0.5) is 18.9 Å². The zero-order valence-electron chi connectivity index (χ0n) is 23.8. The van der Waals surface area contributed by atoms with Crippen LogP contribution in [0.1, 0.15) is 35.7 Å². The Kier molecular flexibility index (Phi) is 8.92. The molecular formula is C30H35ClF3N5O4. The molecule has 43 heavy (non-hydrogen) atoms. The fourth-order valence-corrected chi connectivity index (χ4v) is 6.32. The van der Waals surface area contributed by atoms with Crippen molar-refractivity contribution in [3.05, 3.63) is 64.7 Å². The molecule has 9 nitrogen and oxygen atoms in total. The third-order valence-corrected chi connectivity index (χ3v) is 8.98. The average molecular weight is 622 g/mol. The number of amides is 3. The molecule has 3 fully saturated rings. The molecule has 5 rings (SSSR count). The fraction of sp³-hybridized carbons (Fsp3) is 0.500. The highest BCUT2D eigenvalue weighted by molar-refractivity contribution is 6.34. The molecule has 0 radical (unpaired) electrons. The van der Waals surface area contributed by atoms with E-state index in [1.807, 2.05) is 6.07 Å². The monoisotopic (exact) mass is 621 g/mol. The van der Waals surface area contributed by atoms with E-state index >= 15 is 0 Å². The van der Waals surface area contributed by atoms with Crippen LogP contribution in [-0.4, -0.2) is 113 Å². The summed E-state index contributed by atoms with van der Waals surface area (Å²) in [6.45, 7) is 5.09. The lowest BCUT2D eigenvalue weighted by atomic mass is 9.89. The summed E-state index contributed by atoms with van der Waals surface area (Å²) in [7, 11) is 0. The van der Waals surface area contributed by atoms with Crippen molar-refractivity contribution in [1.82, 2.24) is 19.6 Å². The van der Waals surface area contributed by atoms with Crippen molar-refractivity contribution in [2.45, 2.75) is 43.6 Å². The summed E-state index contributed by atoms with van der Waals surface area (Å²) in [5.41, 5.74) is -2.89. The second-order valence-electron chi connectivity index (χ2n) is 11.4. The molecule has 2 N–H and O–H groups in total. The van der Waals surface area contributed by atoms with Crippen LogP contribution in [-0.2, 0) is 15.2 Å². The highest BCUT2D eigenvalue weighted by Gasteiger charge is 2.62. The number of piperidine rings is 1. The van der Waals surface area contributed by atoms with E-state index in [9.17, 15) is 32.7 Å². The maximum absolute atomic E-state index is 13.9. The topological polar surface area (TPSA) is 96.4 Å². The number of carbonyl (C=O) groups excluding carboxylic acids is 3. The number of anilines is 1. The van der Waals surface area contributed by atoms with E-state index in [-0.39, 0.29) is 37.0 Å². The molecule has 0 unspecified atom stereocenters. The zero-order valence-corrected chi connectivity index (χ0v) is 24.6. The predicted molar refractivity (Wildman–Crippen MR) is 155 cm³/mol. The minimum absolute atomic E-state index is 0.00629. The molecule has 13 heteroatoms. The first-order valence-electron chi connectivity index (χ1n) is 14.4. The third kappa shape index (κ3) is 6.32. The van der Waals surface area contributed by atoms with E-state index < -0.39 is 23.2 Å². The molecule has 3 saturated heterocycles. The number of hydrogen-bond donors (Lipinski definition) is 2. The van der Waals surface area contributed by atoms with Gasteiger partial charge in [0.1, 0.15) is 0 Å². The Hall–Kier alpha value is -3.35. The largest absolute Gasteiger partial charge is 0.430 e. The molecule has 3 amide bonds. The summed E-state index contributed by atoms with van der Waals surface area (Å²) in [6.07, 6.45) is -4.15. The van der Waals surface area contributed by atoms with E-state index in [1.165, 1.54) is 25.1 Å². The van der Waals surface area contributed by atoms with E-state index in [1.54, 1.807) is 21.9 Å². The number of halogens is 4. The van der Waals surface area contributed by atoms with E-state index in [0.29, 0.717) is 62.7 Å². The molecule has 0 bridgehead atoms. The maximum Gasteiger partial charge on any atom is 0.430 e. The van der Waals surface area contributed by atoms with Gasteiger partial charge in [-0.15, -0.1) is 0 Å². The van der Waals surface area contributed by atoms with Crippen LogP contribution >= 0.6 is 11.6 Å². The summed E-state index contributed by atoms with van der Waals surface area (Å²) >= 11 is 6.47. The van der Waals surface area contributed by atoms with Crippen LogP contribution in [0, 0.1) is 0 Å². The number of nitrogens with one attached hydrogen (secondary N) is 1. The van der Waals surface area contributed by atoms with Gasteiger partial charge in [0.15, 0.2) is 0 Å². The predicted octanol–water partition coefficient (Wildman–Crippen LogP) is 3.18. The first kappa shape index (κ1) is 31.1. The first-order chi connectivity index (χ1) is 20.4. The molecule has 3 heterocycles. The zero-order chi connectivity index (χ0) is 30.9. The SMILES string of the molecule is CC(=O)N1CCN(C(=O)c2ccc(NC3CN(C4CCN(C(=O)[C@@](O)(c5ccccc5)C(F)(F)F)CC4)C3)cc2Cl)CC1. The van der Waals surface area contributed by atoms with Crippen molar-refractivity contribution in [2.24, 2.45) is 0 Å². The van der Waals surface area contributed by atoms with Crippen molar-refractivity contribution in [1.29, 1.82) is 0 Å². The van der Waals surface area contributed by atoms with E-state index in [4.69, 9.17) is 11.6 Å². The van der Waals surface area contributed by atoms with Crippen molar-refractivity contribution >= 4 is 35.0 Å². The summed E-state index contributed by atoms with van der Waals surface area (Å²) < 4.78 is 41.8. The van der Waals surface area contributed by atoms with Gasteiger partial charge in [-0.3, -0.25) is 19.3 Å². The summed E-state index contributed by atoms with van der Waals surface area (Å²) in [6, 6.07) is 12.0. The highest BCUT2D eigenvalue weighted by atomic mass is 35.5. The highest BCUT2D eigenvalue weighted by Crippen LogP contribution is 2.41. The molecule has 3 aliphatic rings. The molecule has 0 spiro atoms.